The molecule has 1 unspecified atom stereocenters. The molecule has 1 aromatic rings. The summed E-state index contributed by atoms with van der Waals surface area (Å²) in [6, 6.07) is 5.20. The Morgan fingerprint density at radius 3 is 1.76 bits per heavy atom. The normalized spacial score (nSPS) is 13.8. The summed E-state index contributed by atoms with van der Waals surface area (Å²) in [7, 11) is 0. The first-order valence-corrected chi connectivity index (χ1v) is 12.4. The first kappa shape index (κ1) is 36.5. The van der Waals surface area contributed by atoms with Gasteiger partial charge >= 0.3 is 12.4 Å². The predicted octanol–water partition coefficient (Wildman–Crippen LogP) is 11.2. The van der Waals surface area contributed by atoms with Crippen molar-refractivity contribution in [3.63, 3.8) is 0 Å². The molecule has 0 aliphatic rings. The molecule has 0 heterocycles. The fourth-order valence-electron chi connectivity index (χ4n) is 3.53. The molecular weight excluding hydrogens is 488 g/mol. The van der Waals surface area contributed by atoms with Gasteiger partial charge in [0.1, 0.15) is 0 Å². The summed E-state index contributed by atoms with van der Waals surface area (Å²) in [6.07, 6.45) is -1.30. The molecule has 37 heavy (non-hydrogen) atoms. The molecule has 7 heteroatoms. The largest absolute Gasteiger partial charge is 0.416 e. The minimum Gasteiger partial charge on any atom is -0.376 e. The molecule has 0 aromatic heterocycles. The summed E-state index contributed by atoms with van der Waals surface area (Å²) < 4.78 is 75.3. The van der Waals surface area contributed by atoms with E-state index >= 15 is 0 Å². The van der Waals surface area contributed by atoms with Gasteiger partial charge in [-0.3, -0.25) is 0 Å². The maximum Gasteiger partial charge on any atom is 0.416 e. The lowest BCUT2D eigenvalue weighted by Gasteiger charge is -2.36. The van der Waals surface area contributed by atoms with E-state index in [-0.39, 0.29) is 11.1 Å². The zero-order chi connectivity index (χ0) is 29.4. The van der Waals surface area contributed by atoms with Crippen LogP contribution in [-0.2, 0) is 6.18 Å². The van der Waals surface area contributed by atoms with Crippen LogP contribution >= 0.6 is 0 Å². The third kappa shape index (κ3) is 12.4. The van der Waals surface area contributed by atoms with Gasteiger partial charge in [0.2, 0.25) is 0 Å². The fraction of sp³-hybridized carbons (Fsp3) is 0.467. The number of hydrogen-bond acceptors (Lipinski definition) is 1. The first-order valence-electron chi connectivity index (χ1n) is 12.4. The van der Waals surface area contributed by atoms with Crippen molar-refractivity contribution in [2.75, 3.05) is 5.32 Å². The van der Waals surface area contributed by atoms with Gasteiger partial charge < -0.3 is 5.32 Å². The van der Waals surface area contributed by atoms with Gasteiger partial charge in [-0.2, -0.15) is 26.3 Å². The summed E-state index contributed by atoms with van der Waals surface area (Å²) in [5.74, 6) is 0. The van der Waals surface area contributed by atoms with Crippen molar-refractivity contribution in [2.45, 2.75) is 92.0 Å². The molecule has 1 nitrogen and oxygen atoms in total. The van der Waals surface area contributed by atoms with Crippen molar-refractivity contribution in [1.29, 1.82) is 0 Å². The number of nitrogens with one attached hydrogen (secondary N) is 1. The van der Waals surface area contributed by atoms with Gasteiger partial charge in [0.25, 0.3) is 0 Å². The van der Waals surface area contributed by atoms with Crippen LogP contribution in [0.1, 0.15) is 79.7 Å². The summed E-state index contributed by atoms with van der Waals surface area (Å²) >= 11 is 0. The van der Waals surface area contributed by atoms with E-state index in [9.17, 15) is 26.3 Å². The van der Waals surface area contributed by atoms with Gasteiger partial charge in [-0.25, -0.2) is 0 Å². The lowest BCUT2D eigenvalue weighted by molar-refractivity contribution is -0.137. The minimum atomic E-state index is -4.37. The number of hydrogen-bond donors (Lipinski definition) is 1. The SMILES string of the molecule is C=C(C)C(CC)(CCCC)Nc1ccc(C(F)(F)F)cc1.C=C/C=C(\C(=C/C)C(=C)C)C(F)(F)F.CC. The van der Waals surface area contributed by atoms with E-state index in [0.717, 1.165) is 55.5 Å². The maximum atomic E-state index is 12.6. The number of halogens is 6. The van der Waals surface area contributed by atoms with Crippen molar-refractivity contribution in [1.82, 2.24) is 0 Å². The second kappa shape index (κ2) is 16.9. The van der Waals surface area contributed by atoms with Gasteiger partial charge in [0.05, 0.1) is 16.7 Å². The molecule has 0 radical (unpaired) electrons. The summed E-state index contributed by atoms with van der Waals surface area (Å²) in [6.45, 7) is 24.1. The van der Waals surface area contributed by atoms with Gasteiger partial charge in [0, 0.05) is 5.69 Å². The fourth-order valence-corrected chi connectivity index (χ4v) is 3.53. The summed E-state index contributed by atoms with van der Waals surface area (Å²) in [4.78, 5) is 0. The van der Waals surface area contributed by atoms with Crippen LogP contribution < -0.4 is 5.32 Å². The molecule has 1 N–H and O–H groups in total. The Kier molecular flexibility index (Phi) is 16.7. The number of anilines is 1. The highest BCUT2D eigenvalue weighted by molar-refractivity contribution is 5.50. The van der Waals surface area contributed by atoms with E-state index in [1.54, 1.807) is 6.92 Å². The Bertz CT molecular complexity index is 901. The minimum absolute atomic E-state index is 0.109. The predicted molar refractivity (Wildman–Crippen MR) is 147 cm³/mol. The van der Waals surface area contributed by atoms with Crippen LogP contribution in [0.4, 0.5) is 32.0 Å². The topological polar surface area (TPSA) is 12.0 Å². The van der Waals surface area contributed by atoms with Crippen LogP contribution in [0.5, 0.6) is 0 Å². The quantitative estimate of drug-likeness (QED) is 0.180. The molecule has 0 aliphatic heterocycles. The van der Waals surface area contributed by atoms with E-state index in [1.165, 1.54) is 25.1 Å². The Balaban J connectivity index is 0. The zero-order valence-electron chi connectivity index (χ0n) is 23.3. The van der Waals surface area contributed by atoms with Crippen molar-refractivity contribution in [3.8, 4) is 0 Å². The first-order chi connectivity index (χ1) is 17.1. The molecule has 1 rings (SSSR count). The van der Waals surface area contributed by atoms with Crippen LogP contribution in [0, 0.1) is 0 Å². The lowest BCUT2D eigenvalue weighted by Crippen LogP contribution is -2.38. The van der Waals surface area contributed by atoms with Crippen LogP contribution in [0.25, 0.3) is 0 Å². The second-order valence-corrected chi connectivity index (χ2v) is 8.32. The molecule has 210 valence electrons. The van der Waals surface area contributed by atoms with Crippen LogP contribution in [0.2, 0.25) is 0 Å². The average molecular weight is 532 g/mol. The highest BCUT2D eigenvalue weighted by Gasteiger charge is 2.35. The standard InChI is InChI=1S/C17H24F3N.C11H13F3.C2H6/c1-5-7-12-16(6-2,13(3)4)21-15-10-8-14(9-11-15)17(18,19)20;1-5-7-10(11(12,13)14)9(6-2)8(3)4;1-2/h8-11,21H,3,5-7,12H2,1-2,4H3;5-7H,1,3H2,2,4H3;1-2H3/b;9-6-,10-7+;. The van der Waals surface area contributed by atoms with E-state index in [4.69, 9.17) is 0 Å². The molecule has 0 fully saturated rings. The number of unbranched alkanes of at least 4 members (excludes halogenated alkanes) is 1. The number of rotatable bonds is 10. The third-order valence-electron chi connectivity index (χ3n) is 5.60. The van der Waals surface area contributed by atoms with E-state index in [1.807, 2.05) is 20.8 Å². The lowest BCUT2D eigenvalue weighted by atomic mass is 9.83. The number of benzene rings is 1. The maximum absolute atomic E-state index is 12.6. The molecule has 0 bridgehead atoms. The molecule has 0 aliphatic carbocycles. The van der Waals surface area contributed by atoms with Crippen LogP contribution in [0.3, 0.4) is 0 Å². The second-order valence-electron chi connectivity index (χ2n) is 8.32. The van der Waals surface area contributed by atoms with E-state index < -0.39 is 23.5 Å². The average Bonchev–Trinajstić information content (AvgIpc) is 2.82. The van der Waals surface area contributed by atoms with Gasteiger partial charge in [-0.05, 0) is 69.5 Å². The Morgan fingerprint density at radius 1 is 0.946 bits per heavy atom. The van der Waals surface area contributed by atoms with Gasteiger partial charge in [-0.1, -0.05) is 83.6 Å². The summed E-state index contributed by atoms with van der Waals surface area (Å²) in [5.41, 5.74) is 0.620. The molecule has 0 saturated carbocycles. The van der Waals surface area contributed by atoms with Crippen molar-refractivity contribution >= 4 is 5.69 Å². The highest BCUT2D eigenvalue weighted by Crippen LogP contribution is 2.35. The third-order valence-corrected chi connectivity index (χ3v) is 5.60. The molecule has 0 saturated heterocycles. The Morgan fingerprint density at radius 2 is 1.46 bits per heavy atom. The molecule has 0 spiro atoms. The van der Waals surface area contributed by atoms with Gasteiger partial charge in [0.15, 0.2) is 0 Å². The number of allylic oxidation sites excluding steroid dienone is 6. The van der Waals surface area contributed by atoms with Crippen LogP contribution in [0.15, 0.2) is 84.5 Å². The van der Waals surface area contributed by atoms with Crippen LogP contribution in [-0.4, -0.2) is 11.7 Å². The molecular formula is C30H43F6N. The highest BCUT2D eigenvalue weighted by atomic mass is 19.4. The smallest absolute Gasteiger partial charge is 0.376 e. The van der Waals surface area contributed by atoms with E-state index in [0.29, 0.717) is 11.3 Å². The Labute approximate surface area is 219 Å². The molecule has 0 amide bonds. The van der Waals surface area contributed by atoms with Crippen molar-refractivity contribution < 1.29 is 26.3 Å². The Hall–Kier alpha value is -2.70. The molecule has 1 atom stereocenters. The zero-order valence-corrected chi connectivity index (χ0v) is 23.3. The van der Waals surface area contributed by atoms with Crippen molar-refractivity contribution in [3.05, 3.63) is 90.1 Å². The molecule has 1 aromatic carbocycles. The van der Waals surface area contributed by atoms with E-state index in [2.05, 4.69) is 38.9 Å². The monoisotopic (exact) mass is 531 g/mol. The van der Waals surface area contributed by atoms with Gasteiger partial charge in [-0.15, -0.1) is 0 Å². The number of alkyl halides is 6. The summed E-state index contributed by atoms with van der Waals surface area (Å²) in [5, 5.41) is 3.39. The van der Waals surface area contributed by atoms with Crippen molar-refractivity contribution in [2.24, 2.45) is 0 Å².